The Bertz CT molecular complexity index is 1200. The predicted octanol–water partition coefficient (Wildman–Crippen LogP) is 1.02. The molecule has 0 radical (unpaired) electrons. The van der Waals surface area contributed by atoms with Gasteiger partial charge in [0.15, 0.2) is 17.3 Å². The molecule has 1 saturated heterocycles. The minimum atomic E-state index is -2.10. The van der Waals surface area contributed by atoms with Crippen molar-refractivity contribution in [3.05, 3.63) is 29.0 Å². The van der Waals surface area contributed by atoms with E-state index >= 15 is 0 Å². The fourth-order valence-electron chi connectivity index (χ4n) is 6.55. The van der Waals surface area contributed by atoms with Crippen LogP contribution in [-0.4, -0.2) is 85.2 Å². The van der Waals surface area contributed by atoms with Crippen LogP contribution in [-0.2, 0) is 29.3 Å². The van der Waals surface area contributed by atoms with Crippen molar-refractivity contribution >= 4 is 23.3 Å². The monoisotopic (exact) mass is 502 g/mol. The average molecular weight is 503 g/mol. The molecule has 194 valence electrons. The summed E-state index contributed by atoms with van der Waals surface area (Å²) in [7, 11) is 4.62. The molecule has 0 saturated carbocycles. The number of hydrogen-bond acceptors (Lipinski definition) is 10. The second-order valence-corrected chi connectivity index (χ2v) is 9.76. The Hall–Kier alpha value is -3.15. The van der Waals surface area contributed by atoms with Crippen LogP contribution in [0.25, 0.3) is 0 Å². The summed E-state index contributed by atoms with van der Waals surface area (Å²) in [5, 5.41) is 24.1. The highest BCUT2D eigenvalue weighted by Gasteiger charge is 2.77. The Labute approximate surface area is 208 Å². The van der Waals surface area contributed by atoms with E-state index in [0.29, 0.717) is 18.7 Å². The van der Waals surface area contributed by atoms with Crippen molar-refractivity contribution in [2.24, 2.45) is 5.92 Å². The molecule has 11 nitrogen and oxygen atoms in total. The van der Waals surface area contributed by atoms with Gasteiger partial charge in [0, 0.05) is 31.1 Å². The molecule has 1 aromatic carbocycles. The lowest BCUT2D eigenvalue weighted by Crippen LogP contribution is -2.74. The van der Waals surface area contributed by atoms with Crippen LogP contribution in [0.15, 0.2) is 23.5 Å². The van der Waals surface area contributed by atoms with Crippen LogP contribution in [0.1, 0.15) is 32.3 Å². The molecular weight excluding hydrogens is 472 g/mol. The topological polar surface area (TPSA) is 135 Å². The summed E-state index contributed by atoms with van der Waals surface area (Å²) in [6.45, 7) is 3.43. The first-order valence-electron chi connectivity index (χ1n) is 11.8. The number of ketones is 1. The van der Waals surface area contributed by atoms with Crippen LogP contribution in [0.5, 0.6) is 11.5 Å². The second-order valence-electron chi connectivity index (χ2n) is 9.76. The lowest BCUT2D eigenvalue weighted by atomic mass is 9.59. The molecule has 4 heterocycles. The normalized spacial score (nSPS) is 33.2. The summed E-state index contributed by atoms with van der Waals surface area (Å²) in [6, 6.07) is 3.27. The standard InChI is InChI=1S/C25H30N2O9/c1-12(28)17-14-8-10-26(3)11-9-24(21(17)31)15-6-7-16(33-4)19-18(15)27(22(32)23(34-5)35-19)25(24,20(14)30)36-13(2)29/h6-7,14,20,23,30-31H,8-11H2,1-5H3. The lowest BCUT2D eigenvalue weighted by Gasteiger charge is -2.55. The van der Waals surface area contributed by atoms with Gasteiger partial charge >= 0.3 is 5.97 Å². The maximum Gasteiger partial charge on any atom is 0.304 e. The van der Waals surface area contributed by atoms with Crippen molar-refractivity contribution in [2.75, 3.05) is 39.3 Å². The van der Waals surface area contributed by atoms with Gasteiger partial charge in [0.1, 0.15) is 17.3 Å². The summed E-state index contributed by atoms with van der Waals surface area (Å²) < 4.78 is 22.7. The summed E-state index contributed by atoms with van der Waals surface area (Å²) in [6.07, 6.45) is -2.56. The van der Waals surface area contributed by atoms with Gasteiger partial charge in [-0.1, -0.05) is 6.07 Å². The van der Waals surface area contributed by atoms with Crippen molar-refractivity contribution in [3.8, 4) is 11.5 Å². The van der Waals surface area contributed by atoms with Gasteiger partial charge in [-0.2, -0.15) is 0 Å². The first-order chi connectivity index (χ1) is 17.1. The summed E-state index contributed by atoms with van der Waals surface area (Å²) in [5.41, 5.74) is -3.11. The van der Waals surface area contributed by atoms with Gasteiger partial charge in [-0.3, -0.25) is 19.3 Å². The van der Waals surface area contributed by atoms with Crippen molar-refractivity contribution in [3.63, 3.8) is 0 Å². The van der Waals surface area contributed by atoms with Crippen LogP contribution < -0.4 is 14.4 Å². The molecular formula is C25H30N2O9. The number of anilines is 1. The first-order valence-corrected chi connectivity index (χ1v) is 11.8. The number of Topliss-reactive ketones (excluding diaryl/α,β-unsaturated/α-hetero) is 1. The van der Waals surface area contributed by atoms with E-state index in [1.165, 1.54) is 33.0 Å². The van der Waals surface area contributed by atoms with E-state index in [1.54, 1.807) is 12.1 Å². The number of aliphatic hydroxyl groups is 2. The van der Waals surface area contributed by atoms with E-state index < -0.39 is 47.1 Å². The SMILES string of the molecule is COc1ccc2c3c1OC(OC)C(=O)N3C1(OC(C)=O)C(O)C3CCN(C)CCC21C(O)=C3C(C)=O. The number of methoxy groups -OCH3 is 2. The van der Waals surface area contributed by atoms with Crippen molar-refractivity contribution in [1.29, 1.82) is 0 Å². The van der Waals surface area contributed by atoms with Gasteiger partial charge in [-0.15, -0.1) is 0 Å². The molecule has 1 fully saturated rings. The Balaban J connectivity index is 1.97. The number of ether oxygens (including phenoxy) is 4. The Morgan fingerprint density at radius 3 is 2.53 bits per heavy atom. The Morgan fingerprint density at radius 1 is 1.19 bits per heavy atom. The zero-order valence-corrected chi connectivity index (χ0v) is 20.9. The molecule has 5 atom stereocenters. The molecule has 1 aromatic rings. The van der Waals surface area contributed by atoms with Crippen molar-refractivity contribution < 1.29 is 43.5 Å². The molecule has 5 aliphatic rings. The molecule has 4 aliphatic heterocycles. The minimum Gasteiger partial charge on any atom is -0.511 e. The van der Waals surface area contributed by atoms with E-state index in [9.17, 15) is 24.6 Å². The Morgan fingerprint density at radius 2 is 1.92 bits per heavy atom. The molecule has 2 bridgehead atoms. The number of aliphatic hydroxyl groups excluding tert-OH is 2. The molecule has 0 aromatic heterocycles. The summed E-state index contributed by atoms with van der Waals surface area (Å²) in [4.78, 5) is 42.7. The molecule has 2 N–H and O–H groups in total. The van der Waals surface area contributed by atoms with Gasteiger partial charge in [-0.05, 0) is 46.0 Å². The molecule has 11 heteroatoms. The van der Waals surface area contributed by atoms with E-state index in [0.717, 1.165) is 0 Å². The van der Waals surface area contributed by atoms with Crippen molar-refractivity contribution in [2.45, 2.75) is 50.2 Å². The highest BCUT2D eigenvalue weighted by Crippen LogP contribution is 2.67. The van der Waals surface area contributed by atoms with E-state index in [1.807, 2.05) is 11.9 Å². The maximum atomic E-state index is 13.9. The van der Waals surface area contributed by atoms with E-state index in [4.69, 9.17) is 18.9 Å². The zero-order chi connectivity index (χ0) is 26.2. The van der Waals surface area contributed by atoms with Gasteiger partial charge < -0.3 is 34.1 Å². The van der Waals surface area contributed by atoms with Crippen LogP contribution >= 0.6 is 0 Å². The molecule has 1 amide bonds. The third-order valence-electron chi connectivity index (χ3n) is 7.98. The molecule has 1 spiro atoms. The molecule has 1 aliphatic carbocycles. The summed E-state index contributed by atoms with van der Waals surface area (Å²) in [5.74, 6) is -2.68. The van der Waals surface area contributed by atoms with Crippen LogP contribution in [0, 0.1) is 5.92 Å². The number of rotatable bonds is 4. The van der Waals surface area contributed by atoms with Crippen molar-refractivity contribution in [1.82, 2.24) is 4.90 Å². The molecule has 36 heavy (non-hydrogen) atoms. The maximum absolute atomic E-state index is 13.9. The largest absolute Gasteiger partial charge is 0.511 e. The Kier molecular flexibility index (Phi) is 5.58. The number of benzene rings is 1. The minimum absolute atomic E-state index is 0.0710. The van der Waals surface area contributed by atoms with Gasteiger partial charge in [-0.25, -0.2) is 0 Å². The van der Waals surface area contributed by atoms with Gasteiger partial charge in [0.25, 0.3) is 12.2 Å². The fraction of sp³-hybridized carbons (Fsp3) is 0.560. The van der Waals surface area contributed by atoms with Gasteiger partial charge in [0.2, 0.25) is 5.72 Å². The molecule has 5 unspecified atom stereocenters. The third-order valence-corrected chi connectivity index (χ3v) is 7.98. The smallest absolute Gasteiger partial charge is 0.304 e. The fourth-order valence-corrected chi connectivity index (χ4v) is 6.55. The second kappa shape index (κ2) is 8.19. The highest BCUT2D eigenvalue weighted by molar-refractivity contribution is 6.06. The highest BCUT2D eigenvalue weighted by atomic mass is 16.7. The van der Waals surface area contributed by atoms with Crippen LogP contribution in [0.3, 0.4) is 0 Å². The number of esters is 1. The zero-order valence-electron chi connectivity index (χ0n) is 20.9. The summed E-state index contributed by atoms with van der Waals surface area (Å²) >= 11 is 0. The number of carbonyl (C=O) groups excluding carboxylic acids is 3. The average Bonchev–Trinajstić information content (AvgIpc) is 3.12. The van der Waals surface area contributed by atoms with E-state index in [2.05, 4.69) is 0 Å². The number of fused-ring (bicyclic) bond motifs is 4. The quantitative estimate of drug-likeness (QED) is 0.575. The number of amides is 1. The van der Waals surface area contributed by atoms with E-state index in [-0.39, 0.29) is 41.4 Å². The lowest BCUT2D eigenvalue weighted by molar-refractivity contribution is -0.200. The van der Waals surface area contributed by atoms with Crippen LogP contribution in [0.2, 0.25) is 0 Å². The predicted molar refractivity (Wildman–Crippen MR) is 125 cm³/mol. The number of carbonyl (C=O) groups is 3. The third kappa shape index (κ3) is 2.81. The molecule has 6 rings (SSSR count). The number of hydrogen-bond donors (Lipinski definition) is 2. The number of nitrogens with zero attached hydrogens (tertiary/aromatic N) is 2. The van der Waals surface area contributed by atoms with Gasteiger partial charge in [0.05, 0.1) is 12.8 Å². The van der Waals surface area contributed by atoms with Crippen LogP contribution in [0.4, 0.5) is 5.69 Å². The first kappa shape index (κ1) is 24.5.